The minimum atomic E-state index is -0.246. The monoisotopic (exact) mass is 407 g/mol. The van der Waals surface area contributed by atoms with Gasteiger partial charge in [0.05, 0.1) is 19.1 Å². The maximum absolute atomic E-state index is 12.3. The maximum Gasteiger partial charge on any atom is 0.258 e. The Kier molecular flexibility index (Phi) is 6.85. The molecule has 0 aliphatic carbocycles. The van der Waals surface area contributed by atoms with E-state index in [4.69, 9.17) is 9.47 Å². The average molecular weight is 407 g/mol. The van der Waals surface area contributed by atoms with Crippen molar-refractivity contribution in [3.05, 3.63) is 76.3 Å². The molecule has 0 fully saturated rings. The van der Waals surface area contributed by atoms with E-state index in [1.165, 1.54) is 22.5 Å². The molecule has 0 saturated carbocycles. The molecule has 0 aliphatic heterocycles. The molecule has 1 amide bonds. The van der Waals surface area contributed by atoms with Gasteiger partial charge < -0.3 is 14.8 Å². The number of carbonyl (C=O) groups excluding carboxylic acids is 1. The number of rotatable bonds is 8. The number of nitrogens with zero attached hydrogens (tertiary/aromatic N) is 2. The molecule has 3 aromatic rings. The zero-order chi connectivity index (χ0) is 21.5. The van der Waals surface area contributed by atoms with Crippen molar-refractivity contribution in [1.29, 1.82) is 0 Å². The zero-order valence-corrected chi connectivity index (χ0v) is 17.3. The average Bonchev–Trinajstić information content (AvgIpc) is 2.75. The van der Waals surface area contributed by atoms with Crippen LogP contribution in [0.25, 0.3) is 11.3 Å². The molecule has 0 unspecified atom stereocenters. The van der Waals surface area contributed by atoms with Crippen LogP contribution in [0.1, 0.15) is 11.1 Å². The van der Waals surface area contributed by atoms with Crippen molar-refractivity contribution < 1.29 is 14.3 Å². The van der Waals surface area contributed by atoms with E-state index in [2.05, 4.69) is 10.3 Å². The Morgan fingerprint density at radius 1 is 1.03 bits per heavy atom. The second-order valence-electron chi connectivity index (χ2n) is 6.92. The van der Waals surface area contributed by atoms with Crippen LogP contribution in [0.4, 0.5) is 0 Å². The largest absolute Gasteiger partial charge is 0.497 e. The van der Waals surface area contributed by atoms with Gasteiger partial charge >= 0.3 is 0 Å². The number of nitrogens with one attached hydrogen (secondary N) is 1. The minimum Gasteiger partial charge on any atom is -0.497 e. The van der Waals surface area contributed by atoms with Crippen LogP contribution in [-0.4, -0.2) is 35.7 Å². The number of methoxy groups -OCH3 is 1. The molecule has 30 heavy (non-hydrogen) atoms. The summed E-state index contributed by atoms with van der Waals surface area (Å²) in [7, 11) is 1.60. The predicted molar refractivity (Wildman–Crippen MR) is 115 cm³/mol. The van der Waals surface area contributed by atoms with Gasteiger partial charge in [-0.3, -0.25) is 14.2 Å². The van der Waals surface area contributed by atoms with Crippen molar-refractivity contribution in [2.24, 2.45) is 0 Å². The second kappa shape index (κ2) is 9.73. The molecule has 0 aliphatic rings. The number of carbonyl (C=O) groups is 1. The summed E-state index contributed by atoms with van der Waals surface area (Å²) in [5, 5.41) is 2.75. The third kappa shape index (κ3) is 5.47. The predicted octanol–water partition coefficient (Wildman–Crippen LogP) is 2.73. The molecule has 1 N–H and O–H groups in total. The molecule has 0 bridgehead atoms. The van der Waals surface area contributed by atoms with Crippen LogP contribution < -0.4 is 20.3 Å². The van der Waals surface area contributed by atoms with Crippen molar-refractivity contribution in [1.82, 2.24) is 14.9 Å². The van der Waals surface area contributed by atoms with Crippen LogP contribution in [0.3, 0.4) is 0 Å². The number of amides is 1. The van der Waals surface area contributed by atoms with Crippen LogP contribution in [0.2, 0.25) is 0 Å². The van der Waals surface area contributed by atoms with E-state index in [1.54, 1.807) is 7.11 Å². The van der Waals surface area contributed by atoms with Gasteiger partial charge in [-0.25, -0.2) is 4.98 Å². The third-order valence-electron chi connectivity index (χ3n) is 4.79. The van der Waals surface area contributed by atoms with Gasteiger partial charge in [0, 0.05) is 24.7 Å². The quantitative estimate of drug-likeness (QED) is 0.621. The number of hydrogen-bond donors (Lipinski definition) is 1. The first kappa shape index (κ1) is 21.1. The summed E-state index contributed by atoms with van der Waals surface area (Å²) in [5.74, 6) is 1.15. The van der Waals surface area contributed by atoms with Crippen molar-refractivity contribution in [2.45, 2.75) is 20.4 Å². The molecular formula is C23H25N3O4. The fraction of sp³-hybridized carbons (Fsp3) is 0.261. The first-order valence-corrected chi connectivity index (χ1v) is 9.64. The number of hydrogen-bond acceptors (Lipinski definition) is 5. The lowest BCUT2D eigenvalue weighted by molar-refractivity contribution is -0.123. The number of aromatic nitrogens is 2. The van der Waals surface area contributed by atoms with E-state index in [0.717, 1.165) is 16.9 Å². The number of aryl methyl sites for hydroxylation is 2. The Morgan fingerprint density at radius 3 is 2.43 bits per heavy atom. The number of benzene rings is 2. The Labute approximate surface area is 175 Å². The molecule has 1 aromatic heterocycles. The molecule has 0 atom stereocenters. The van der Waals surface area contributed by atoms with Crippen molar-refractivity contribution in [3.63, 3.8) is 0 Å². The highest BCUT2D eigenvalue weighted by Gasteiger charge is 2.06. The lowest BCUT2D eigenvalue weighted by Gasteiger charge is -2.10. The second-order valence-corrected chi connectivity index (χ2v) is 6.92. The minimum absolute atomic E-state index is 0.0773. The van der Waals surface area contributed by atoms with Crippen molar-refractivity contribution in [3.8, 4) is 22.8 Å². The standard InChI is InChI=1S/C23H25N3O4/c1-16-4-7-20(12-17(16)2)30-14-22(27)24-10-11-26-15-25-21(13-23(26)28)18-5-8-19(29-3)9-6-18/h4-9,12-13,15H,10-11,14H2,1-3H3,(H,24,27). The normalized spacial score (nSPS) is 10.5. The summed E-state index contributed by atoms with van der Waals surface area (Å²) < 4.78 is 12.1. The van der Waals surface area contributed by atoms with E-state index in [1.807, 2.05) is 56.3 Å². The molecule has 7 heteroatoms. The maximum atomic E-state index is 12.3. The first-order chi connectivity index (χ1) is 14.5. The van der Waals surface area contributed by atoms with Crippen LogP contribution in [0.15, 0.2) is 59.7 Å². The first-order valence-electron chi connectivity index (χ1n) is 9.64. The lowest BCUT2D eigenvalue weighted by Crippen LogP contribution is -2.33. The van der Waals surface area contributed by atoms with Crippen molar-refractivity contribution >= 4 is 5.91 Å². The summed E-state index contributed by atoms with van der Waals surface area (Å²) >= 11 is 0. The molecule has 0 radical (unpaired) electrons. The zero-order valence-electron chi connectivity index (χ0n) is 17.3. The summed E-state index contributed by atoms with van der Waals surface area (Å²) in [6.07, 6.45) is 1.49. The molecule has 0 spiro atoms. The highest BCUT2D eigenvalue weighted by Crippen LogP contribution is 2.19. The van der Waals surface area contributed by atoms with Gasteiger partial charge in [-0.05, 0) is 61.4 Å². The Balaban J connectivity index is 1.49. The van der Waals surface area contributed by atoms with E-state index < -0.39 is 0 Å². The highest BCUT2D eigenvalue weighted by atomic mass is 16.5. The molecule has 3 rings (SSSR count). The molecule has 156 valence electrons. The third-order valence-corrected chi connectivity index (χ3v) is 4.79. The van der Waals surface area contributed by atoms with Gasteiger partial charge in [-0.2, -0.15) is 0 Å². The molecule has 0 saturated heterocycles. The van der Waals surface area contributed by atoms with E-state index >= 15 is 0 Å². The van der Waals surface area contributed by atoms with E-state index in [0.29, 0.717) is 24.5 Å². The van der Waals surface area contributed by atoms with E-state index in [9.17, 15) is 9.59 Å². The van der Waals surface area contributed by atoms with Crippen LogP contribution in [-0.2, 0) is 11.3 Å². The van der Waals surface area contributed by atoms with Crippen LogP contribution in [0, 0.1) is 13.8 Å². The van der Waals surface area contributed by atoms with Crippen LogP contribution in [0.5, 0.6) is 11.5 Å². The molecule has 2 aromatic carbocycles. The fourth-order valence-electron chi connectivity index (χ4n) is 2.83. The number of ether oxygens (including phenoxy) is 2. The van der Waals surface area contributed by atoms with Crippen molar-refractivity contribution in [2.75, 3.05) is 20.3 Å². The smallest absolute Gasteiger partial charge is 0.258 e. The van der Waals surface area contributed by atoms with Gasteiger partial charge in [0.15, 0.2) is 6.61 Å². The molecule has 1 heterocycles. The Bertz CT molecular complexity index is 1070. The summed E-state index contributed by atoms with van der Waals surface area (Å²) in [4.78, 5) is 28.7. The summed E-state index contributed by atoms with van der Waals surface area (Å²) in [6.45, 7) is 4.56. The molecule has 7 nitrogen and oxygen atoms in total. The Hall–Kier alpha value is -3.61. The van der Waals surface area contributed by atoms with Crippen LogP contribution >= 0.6 is 0 Å². The van der Waals surface area contributed by atoms with Gasteiger partial charge in [0.1, 0.15) is 11.5 Å². The highest BCUT2D eigenvalue weighted by molar-refractivity contribution is 5.77. The Morgan fingerprint density at radius 2 is 1.77 bits per heavy atom. The van der Waals surface area contributed by atoms with E-state index in [-0.39, 0.29) is 18.1 Å². The topological polar surface area (TPSA) is 82.5 Å². The van der Waals surface area contributed by atoms with Gasteiger partial charge in [0.25, 0.3) is 11.5 Å². The van der Waals surface area contributed by atoms with Gasteiger partial charge in [-0.1, -0.05) is 6.07 Å². The van der Waals surface area contributed by atoms with Gasteiger partial charge in [-0.15, -0.1) is 0 Å². The summed E-state index contributed by atoms with van der Waals surface area (Å²) in [6, 6.07) is 14.5. The fourth-order valence-corrected chi connectivity index (χ4v) is 2.83. The summed E-state index contributed by atoms with van der Waals surface area (Å²) in [5.41, 5.74) is 3.51. The molecular weight excluding hydrogens is 382 g/mol. The van der Waals surface area contributed by atoms with Gasteiger partial charge in [0.2, 0.25) is 0 Å². The lowest BCUT2D eigenvalue weighted by atomic mass is 10.1. The SMILES string of the molecule is COc1ccc(-c2cc(=O)n(CCNC(=O)COc3ccc(C)c(C)c3)cn2)cc1.